The van der Waals surface area contributed by atoms with Crippen molar-refractivity contribution in [3.63, 3.8) is 0 Å². The molecule has 1 fully saturated rings. The lowest BCUT2D eigenvalue weighted by molar-refractivity contribution is 0.0361. The number of hydrogen-bond acceptors (Lipinski definition) is 5. The molecule has 1 aliphatic rings. The van der Waals surface area contributed by atoms with Gasteiger partial charge in [0.2, 0.25) is 5.78 Å². The van der Waals surface area contributed by atoms with E-state index in [1.165, 1.54) is 9.13 Å². The van der Waals surface area contributed by atoms with Gasteiger partial charge in [0.25, 0.3) is 5.56 Å². The summed E-state index contributed by atoms with van der Waals surface area (Å²) in [5, 5.41) is 0. The van der Waals surface area contributed by atoms with E-state index in [9.17, 15) is 9.59 Å². The molecule has 0 saturated carbocycles. The number of aromatic nitrogens is 5. The second kappa shape index (κ2) is 8.92. The number of nitrogens with zero attached hydrogens (tertiary/aromatic N) is 6. The van der Waals surface area contributed by atoms with Gasteiger partial charge in [-0.2, -0.15) is 4.98 Å². The third kappa shape index (κ3) is 3.59. The first-order valence-corrected chi connectivity index (χ1v) is 12.2. The van der Waals surface area contributed by atoms with Crippen molar-refractivity contribution < 1.29 is 4.74 Å². The van der Waals surface area contributed by atoms with Gasteiger partial charge in [0.15, 0.2) is 11.2 Å². The highest BCUT2D eigenvalue weighted by Crippen LogP contribution is 2.30. The smallest absolute Gasteiger partial charge is 0.332 e. The first-order chi connectivity index (χ1) is 17.5. The largest absolute Gasteiger partial charge is 0.379 e. The zero-order valence-electron chi connectivity index (χ0n) is 20.4. The van der Waals surface area contributed by atoms with Crippen molar-refractivity contribution in [3.05, 3.63) is 87.2 Å². The fourth-order valence-corrected chi connectivity index (χ4v) is 5.02. The summed E-state index contributed by atoms with van der Waals surface area (Å²) in [7, 11) is 1.68. The number of ether oxygens (including phenoxy) is 1. The molecule has 9 heteroatoms. The maximum absolute atomic E-state index is 13.7. The summed E-state index contributed by atoms with van der Waals surface area (Å²) in [6.07, 6.45) is 1.95. The molecule has 0 bridgehead atoms. The Kier molecular flexibility index (Phi) is 5.58. The van der Waals surface area contributed by atoms with Crippen LogP contribution in [0.1, 0.15) is 5.56 Å². The molecule has 9 nitrogen and oxygen atoms in total. The fourth-order valence-electron chi connectivity index (χ4n) is 5.02. The lowest BCUT2D eigenvalue weighted by atomic mass is 10.1. The summed E-state index contributed by atoms with van der Waals surface area (Å²) in [5.41, 5.74) is 4.08. The predicted octanol–water partition coefficient (Wildman–Crippen LogP) is 2.45. The number of aryl methyl sites for hydroxylation is 2. The topological polar surface area (TPSA) is 78.7 Å². The minimum absolute atomic E-state index is 0.318. The molecule has 1 saturated heterocycles. The molecule has 3 aromatic heterocycles. The van der Waals surface area contributed by atoms with E-state index >= 15 is 0 Å². The van der Waals surface area contributed by atoms with Gasteiger partial charge >= 0.3 is 5.69 Å². The molecule has 0 spiro atoms. The van der Waals surface area contributed by atoms with Gasteiger partial charge in [-0.25, -0.2) is 4.79 Å². The molecule has 36 heavy (non-hydrogen) atoms. The van der Waals surface area contributed by atoms with Crippen LogP contribution in [0.4, 0.5) is 0 Å². The Morgan fingerprint density at radius 3 is 2.42 bits per heavy atom. The summed E-state index contributed by atoms with van der Waals surface area (Å²) in [6, 6.07) is 18.1. The van der Waals surface area contributed by atoms with Gasteiger partial charge in [-0.05, 0) is 18.6 Å². The number of fused-ring (bicyclic) bond motifs is 3. The number of hydrogen-bond donors (Lipinski definition) is 0. The fraction of sp³-hybridized carbons (Fsp3) is 0.296. The molecule has 0 unspecified atom stereocenters. The van der Waals surface area contributed by atoms with Crippen LogP contribution in [0.25, 0.3) is 33.9 Å². The molecule has 5 aromatic rings. The van der Waals surface area contributed by atoms with Crippen LogP contribution >= 0.6 is 0 Å². The number of rotatable bonds is 5. The third-order valence-electron chi connectivity index (χ3n) is 7.02. The molecule has 184 valence electrons. The Bertz CT molecular complexity index is 1690. The monoisotopic (exact) mass is 484 g/mol. The van der Waals surface area contributed by atoms with Crippen molar-refractivity contribution >= 4 is 16.9 Å². The first-order valence-electron chi connectivity index (χ1n) is 12.2. The van der Waals surface area contributed by atoms with Crippen LogP contribution in [-0.4, -0.2) is 60.8 Å². The summed E-state index contributed by atoms with van der Waals surface area (Å²) in [5.74, 6) is 0.594. The average Bonchev–Trinajstić information content (AvgIpc) is 3.45. The van der Waals surface area contributed by atoms with Crippen LogP contribution in [0.5, 0.6) is 0 Å². The van der Waals surface area contributed by atoms with E-state index < -0.39 is 0 Å². The van der Waals surface area contributed by atoms with E-state index in [0.29, 0.717) is 43.2 Å². The molecule has 0 aliphatic carbocycles. The maximum atomic E-state index is 13.7. The highest BCUT2D eigenvalue weighted by Gasteiger charge is 2.23. The molecule has 0 N–H and O–H groups in total. The zero-order valence-corrected chi connectivity index (χ0v) is 20.4. The Balaban J connectivity index is 1.59. The summed E-state index contributed by atoms with van der Waals surface area (Å²) in [4.78, 5) is 34.0. The molecule has 1 aliphatic heterocycles. The van der Waals surface area contributed by atoms with Crippen LogP contribution < -0.4 is 11.2 Å². The van der Waals surface area contributed by atoms with Crippen molar-refractivity contribution in [2.75, 3.05) is 32.8 Å². The number of imidazole rings is 2. The predicted molar refractivity (Wildman–Crippen MR) is 139 cm³/mol. The zero-order chi connectivity index (χ0) is 24.8. The highest BCUT2D eigenvalue weighted by atomic mass is 16.5. The molecule has 0 radical (unpaired) electrons. The average molecular weight is 485 g/mol. The lowest BCUT2D eigenvalue weighted by Gasteiger charge is -2.26. The maximum Gasteiger partial charge on any atom is 0.332 e. The van der Waals surface area contributed by atoms with Crippen LogP contribution in [0.2, 0.25) is 0 Å². The van der Waals surface area contributed by atoms with Crippen LogP contribution in [0.15, 0.2) is 70.4 Å². The Hall–Kier alpha value is -3.95. The van der Waals surface area contributed by atoms with E-state index in [1.807, 2.05) is 59.1 Å². The third-order valence-corrected chi connectivity index (χ3v) is 7.02. The standard InChI is InChI=1S/C27H28N6O3/c1-19-8-6-7-11-21(19)33-22(20-9-4-3-5-10-20)18-32-23-24(28-26(32)33)29(2)27(35)31(25(23)34)13-12-30-14-16-36-17-15-30/h3-11,18H,12-17H2,1-2H3. The van der Waals surface area contributed by atoms with E-state index in [4.69, 9.17) is 9.72 Å². The molecule has 0 atom stereocenters. The van der Waals surface area contributed by atoms with Gasteiger partial charge in [0, 0.05) is 45.0 Å². The second-order valence-electron chi connectivity index (χ2n) is 9.21. The van der Waals surface area contributed by atoms with Crippen molar-refractivity contribution in [2.45, 2.75) is 13.5 Å². The molecule has 0 amide bonds. The number of benzene rings is 2. The van der Waals surface area contributed by atoms with Gasteiger partial charge in [0.1, 0.15) is 0 Å². The van der Waals surface area contributed by atoms with Crippen LogP contribution in [-0.2, 0) is 18.3 Å². The van der Waals surface area contributed by atoms with Crippen molar-refractivity contribution in [3.8, 4) is 16.9 Å². The van der Waals surface area contributed by atoms with Crippen molar-refractivity contribution in [1.82, 2.24) is 28.0 Å². The highest BCUT2D eigenvalue weighted by molar-refractivity contribution is 5.79. The lowest BCUT2D eigenvalue weighted by Crippen LogP contribution is -2.44. The van der Waals surface area contributed by atoms with Crippen LogP contribution in [0, 0.1) is 6.92 Å². The first kappa shape index (κ1) is 22.5. The summed E-state index contributed by atoms with van der Waals surface area (Å²) >= 11 is 0. The van der Waals surface area contributed by atoms with Crippen molar-refractivity contribution in [1.29, 1.82) is 0 Å². The minimum Gasteiger partial charge on any atom is -0.379 e. The van der Waals surface area contributed by atoms with E-state index in [1.54, 1.807) is 7.05 Å². The normalized spacial score (nSPS) is 14.7. The molecular weight excluding hydrogens is 456 g/mol. The minimum atomic E-state index is -0.354. The number of para-hydroxylation sites is 1. The SMILES string of the molecule is Cc1ccccc1-n1c(-c2ccccc2)cn2c3c(=O)n(CCN4CCOCC4)c(=O)n(C)c3nc12. The van der Waals surface area contributed by atoms with Gasteiger partial charge in [-0.1, -0.05) is 48.5 Å². The van der Waals surface area contributed by atoms with E-state index in [2.05, 4.69) is 22.5 Å². The van der Waals surface area contributed by atoms with Gasteiger partial charge in [0.05, 0.1) is 24.6 Å². The molecular formula is C27H28N6O3. The summed E-state index contributed by atoms with van der Waals surface area (Å²) < 4.78 is 12.1. The molecule has 4 heterocycles. The quantitative estimate of drug-likeness (QED) is 0.383. The molecule has 2 aromatic carbocycles. The number of morpholine rings is 1. The van der Waals surface area contributed by atoms with Gasteiger partial charge in [-0.3, -0.25) is 27.8 Å². The van der Waals surface area contributed by atoms with E-state index in [-0.39, 0.29) is 11.2 Å². The Labute approximate surface area is 207 Å². The van der Waals surface area contributed by atoms with E-state index in [0.717, 1.165) is 35.6 Å². The van der Waals surface area contributed by atoms with Crippen LogP contribution in [0.3, 0.4) is 0 Å². The summed E-state index contributed by atoms with van der Waals surface area (Å²) in [6.45, 7) is 5.93. The van der Waals surface area contributed by atoms with Crippen molar-refractivity contribution in [2.24, 2.45) is 7.05 Å². The van der Waals surface area contributed by atoms with Gasteiger partial charge in [-0.15, -0.1) is 0 Å². The Morgan fingerprint density at radius 1 is 0.944 bits per heavy atom. The Morgan fingerprint density at radius 2 is 1.67 bits per heavy atom. The van der Waals surface area contributed by atoms with Gasteiger partial charge < -0.3 is 4.74 Å². The molecule has 6 rings (SSSR count). The second-order valence-corrected chi connectivity index (χ2v) is 9.21.